The van der Waals surface area contributed by atoms with Crippen LogP contribution in [-0.4, -0.2) is 53.7 Å². The molecule has 0 spiro atoms. The summed E-state index contributed by atoms with van der Waals surface area (Å²) in [6.45, 7) is 6.37. The second-order valence-electron chi connectivity index (χ2n) is 7.57. The Morgan fingerprint density at radius 1 is 1.10 bits per heavy atom. The predicted octanol–water partition coefficient (Wildman–Crippen LogP) is 3.05. The van der Waals surface area contributed by atoms with Gasteiger partial charge < -0.3 is 14.2 Å². The number of aryl methyl sites for hydroxylation is 2. The predicted molar refractivity (Wildman–Crippen MR) is 117 cm³/mol. The number of anilines is 1. The van der Waals surface area contributed by atoms with Crippen LogP contribution in [0.2, 0.25) is 0 Å². The molecule has 1 aliphatic heterocycles. The van der Waals surface area contributed by atoms with E-state index in [1.54, 1.807) is 18.7 Å². The molecule has 4 aromatic rings. The van der Waals surface area contributed by atoms with E-state index in [9.17, 15) is 0 Å². The third kappa shape index (κ3) is 3.78. The Labute approximate surface area is 180 Å². The van der Waals surface area contributed by atoms with Gasteiger partial charge in [0.05, 0.1) is 12.1 Å². The first-order valence-corrected chi connectivity index (χ1v) is 10.6. The average Bonchev–Trinajstić information content (AvgIpc) is 3.20. The van der Waals surface area contributed by atoms with Gasteiger partial charge in [0, 0.05) is 31.7 Å². The van der Waals surface area contributed by atoms with Gasteiger partial charge in [-0.05, 0) is 38.8 Å². The third-order valence-electron chi connectivity index (χ3n) is 5.48. The molecule has 1 fully saturated rings. The number of piperidine rings is 1. The maximum Gasteiger partial charge on any atom is 0.245 e. The van der Waals surface area contributed by atoms with E-state index < -0.39 is 0 Å². The molecule has 158 valence electrons. The molecule has 0 radical (unpaired) electrons. The molecule has 0 saturated carbocycles. The lowest BCUT2D eigenvalue weighted by molar-refractivity contribution is 0.174. The van der Waals surface area contributed by atoms with Gasteiger partial charge in [0.2, 0.25) is 5.88 Å². The Morgan fingerprint density at radius 3 is 2.74 bits per heavy atom. The lowest BCUT2D eigenvalue weighted by atomic mass is 10.1. The first kappa shape index (κ1) is 19.3. The van der Waals surface area contributed by atoms with Gasteiger partial charge in [-0.25, -0.2) is 24.9 Å². The van der Waals surface area contributed by atoms with Crippen molar-refractivity contribution in [1.82, 2.24) is 34.5 Å². The molecule has 5 heterocycles. The molecular formula is C22H24N8O. The van der Waals surface area contributed by atoms with E-state index in [4.69, 9.17) is 9.72 Å². The van der Waals surface area contributed by atoms with Gasteiger partial charge in [-0.15, -0.1) is 0 Å². The maximum absolute atomic E-state index is 6.36. The third-order valence-corrected chi connectivity index (χ3v) is 5.48. The summed E-state index contributed by atoms with van der Waals surface area (Å²) >= 11 is 0. The summed E-state index contributed by atoms with van der Waals surface area (Å²) in [5.74, 6) is 2.97. The van der Waals surface area contributed by atoms with Gasteiger partial charge in [0.15, 0.2) is 11.2 Å². The SMILES string of the molecule is CCn1c(-c2cnc(C)nc2)nc2c(OC3CCCN(c4ccccn4)C3)ncnc21. The number of pyridine rings is 1. The van der Waals surface area contributed by atoms with Crippen molar-refractivity contribution in [2.24, 2.45) is 0 Å². The van der Waals surface area contributed by atoms with Crippen molar-refractivity contribution in [1.29, 1.82) is 0 Å². The van der Waals surface area contributed by atoms with Crippen LogP contribution in [0, 0.1) is 6.92 Å². The largest absolute Gasteiger partial charge is 0.471 e. The molecule has 0 N–H and O–H groups in total. The number of imidazole rings is 1. The van der Waals surface area contributed by atoms with Gasteiger partial charge in [-0.2, -0.15) is 4.98 Å². The highest BCUT2D eigenvalue weighted by atomic mass is 16.5. The molecule has 31 heavy (non-hydrogen) atoms. The molecule has 1 atom stereocenters. The zero-order valence-corrected chi connectivity index (χ0v) is 17.6. The maximum atomic E-state index is 6.36. The molecule has 0 amide bonds. The van der Waals surface area contributed by atoms with E-state index in [1.165, 1.54) is 0 Å². The summed E-state index contributed by atoms with van der Waals surface area (Å²) < 4.78 is 8.40. The van der Waals surface area contributed by atoms with Gasteiger partial charge in [-0.3, -0.25) is 0 Å². The van der Waals surface area contributed by atoms with Crippen LogP contribution in [0.5, 0.6) is 5.88 Å². The lowest BCUT2D eigenvalue weighted by Gasteiger charge is -2.33. The van der Waals surface area contributed by atoms with Crippen LogP contribution < -0.4 is 9.64 Å². The van der Waals surface area contributed by atoms with E-state index >= 15 is 0 Å². The van der Waals surface area contributed by atoms with Crippen molar-refractivity contribution in [2.45, 2.75) is 39.3 Å². The highest BCUT2D eigenvalue weighted by molar-refractivity contribution is 5.81. The van der Waals surface area contributed by atoms with Crippen molar-refractivity contribution in [3.63, 3.8) is 0 Å². The van der Waals surface area contributed by atoms with Crippen LogP contribution in [0.25, 0.3) is 22.6 Å². The molecule has 0 aliphatic carbocycles. The second-order valence-corrected chi connectivity index (χ2v) is 7.57. The number of hydrogen-bond donors (Lipinski definition) is 0. The monoisotopic (exact) mass is 416 g/mol. The quantitative estimate of drug-likeness (QED) is 0.490. The van der Waals surface area contributed by atoms with Crippen molar-refractivity contribution in [2.75, 3.05) is 18.0 Å². The number of rotatable bonds is 5. The van der Waals surface area contributed by atoms with Crippen LogP contribution >= 0.6 is 0 Å². The summed E-state index contributed by atoms with van der Waals surface area (Å²) in [4.78, 5) is 29.1. The number of fused-ring (bicyclic) bond motifs is 1. The normalized spacial score (nSPS) is 16.6. The smallest absolute Gasteiger partial charge is 0.245 e. The van der Waals surface area contributed by atoms with Crippen LogP contribution in [0.4, 0.5) is 5.82 Å². The fourth-order valence-corrected chi connectivity index (χ4v) is 3.97. The summed E-state index contributed by atoms with van der Waals surface area (Å²) in [7, 11) is 0. The van der Waals surface area contributed by atoms with Gasteiger partial charge in [-0.1, -0.05) is 6.07 Å². The molecule has 0 bridgehead atoms. The van der Waals surface area contributed by atoms with Crippen molar-refractivity contribution in [3.8, 4) is 17.3 Å². The zero-order valence-electron chi connectivity index (χ0n) is 17.6. The molecule has 9 nitrogen and oxygen atoms in total. The van der Waals surface area contributed by atoms with E-state index in [2.05, 4.69) is 36.7 Å². The first-order valence-electron chi connectivity index (χ1n) is 10.6. The van der Waals surface area contributed by atoms with Gasteiger partial charge >= 0.3 is 0 Å². The lowest BCUT2D eigenvalue weighted by Crippen LogP contribution is -2.41. The fraction of sp³-hybridized carbons (Fsp3) is 0.364. The molecule has 0 aromatic carbocycles. The standard InChI is InChI=1S/C22H24N8O/c1-3-30-20(16-11-24-15(2)25-12-16)28-19-21(30)26-14-27-22(19)31-17-7-6-10-29(13-17)18-8-4-5-9-23-18/h4-5,8-9,11-12,14,17H,3,6-7,10,13H2,1-2H3. The van der Waals surface area contributed by atoms with Crippen LogP contribution in [-0.2, 0) is 6.54 Å². The van der Waals surface area contributed by atoms with E-state index in [-0.39, 0.29) is 6.10 Å². The molecule has 1 unspecified atom stereocenters. The fourth-order valence-electron chi connectivity index (χ4n) is 3.97. The Bertz CT molecular complexity index is 1180. The Kier molecular flexibility index (Phi) is 5.15. The number of hydrogen-bond acceptors (Lipinski definition) is 8. The Hall–Kier alpha value is -3.62. The minimum atomic E-state index is 0.00629. The first-order chi connectivity index (χ1) is 15.2. The minimum absolute atomic E-state index is 0.00629. The summed E-state index contributed by atoms with van der Waals surface area (Å²) in [5, 5.41) is 0. The molecule has 1 saturated heterocycles. The molecule has 5 rings (SSSR count). The highest BCUT2D eigenvalue weighted by Crippen LogP contribution is 2.29. The van der Waals surface area contributed by atoms with Crippen molar-refractivity contribution < 1.29 is 4.74 Å². The molecule has 1 aliphatic rings. The zero-order chi connectivity index (χ0) is 21.2. The van der Waals surface area contributed by atoms with E-state index in [0.717, 1.165) is 54.6 Å². The van der Waals surface area contributed by atoms with Crippen molar-refractivity contribution >= 4 is 17.0 Å². The number of nitrogens with zero attached hydrogens (tertiary/aromatic N) is 8. The number of aromatic nitrogens is 7. The summed E-state index contributed by atoms with van der Waals surface area (Å²) in [5.41, 5.74) is 2.26. The Morgan fingerprint density at radius 2 is 1.97 bits per heavy atom. The van der Waals surface area contributed by atoms with Crippen molar-refractivity contribution in [3.05, 3.63) is 48.9 Å². The molecule has 4 aromatic heterocycles. The topological polar surface area (TPSA) is 94.7 Å². The number of ether oxygens (including phenoxy) is 1. The molecule has 9 heteroatoms. The van der Waals surface area contributed by atoms with Crippen LogP contribution in [0.15, 0.2) is 43.1 Å². The average molecular weight is 416 g/mol. The van der Waals surface area contributed by atoms with E-state index in [0.29, 0.717) is 17.9 Å². The summed E-state index contributed by atoms with van der Waals surface area (Å²) in [6.07, 6.45) is 8.94. The van der Waals surface area contributed by atoms with E-state index in [1.807, 2.05) is 35.9 Å². The molecular weight excluding hydrogens is 392 g/mol. The highest BCUT2D eigenvalue weighted by Gasteiger charge is 2.25. The Balaban J connectivity index is 1.46. The van der Waals surface area contributed by atoms with Crippen LogP contribution in [0.1, 0.15) is 25.6 Å². The van der Waals surface area contributed by atoms with Gasteiger partial charge in [0.1, 0.15) is 29.9 Å². The summed E-state index contributed by atoms with van der Waals surface area (Å²) in [6, 6.07) is 5.97. The van der Waals surface area contributed by atoms with Crippen LogP contribution in [0.3, 0.4) is 0 Å². The van der Waals surface area contributed by atoms with Gasteiger partial charge in [0.25, 0.3) is 0 Å². The minimum Gasteiger partial charge on any atom is -0.471 e. The second kappa shape index (κ2) is 8.25.